The molecule has 0 fully saturated rings. The van der Waals surface area contributed by atoms with Gasteiger partial charge in [0.05, 0.1) is 0 Å². The Morgan fingerprint density at radius 1 is 1.16 bits per heavy atom. The van der Waals surface area contributed by atoms with Crippen molar-refractivity contribution in [3.63, 3.8) is 0 Å². The minimum atomic E-state index is -0.570. The quantitative estimate of drug-likeness (QED) is 0.770. The van der Waals surface area contributed by atoms with E-state index in [-0.39, 0.29) is 5.78 Å². The van der Waals surface area contributed by atoms with Gasteiger partial charge in [0, 0.05) is 6.42 Å². The van der Waals surface area contributed by atoms with Crippen molar-refractivity contribution < 1.29 is 9.53 Å². The number of benzene rings is 1. The van der Waals surface area contributed by atoms with Crippen molar-refractivity contribution in [2.24, 2.45) is 0 Å². The van der Waals surface area contributed by atoms with Gasteiger partial charge in [-0.15, -0.1) is 5.92 Å². The molecule has 0 unspecified atom stereocenters. The summed E-state index contributed by atoms with van der Waals surface area (Å²) in [7, 11) is 0. The van der Waals surface area contributed by atoms with Crippen molar-refractivity contribution in [3.05, 3.63) is 60.2 Å². The van der Waals surface area contributed by atoms with Crippen LogP contribution in [0.2, 0.25) is 0 Å². The molecule has 1 aromatic carbocycles. The van der Waals surface area contributed by atoms with Crippen LogP contribution in [0, 0.1) is 11.8 Å². The molecular weight excluding hydrogens is 236 g/mol. The summed E-state index contributed by atoms with van der Waals surface area (Å²) in [6, 6.07) is 10.1. The molecule has 0 radical (unpaired) electrons. The number of allylic oxidation sites excluding steroid dienone is 2. The predicted molar refractivity (Wildman–Crippen MR) is 75.6 cm³/mol. The maximum Gasteiger partial charge on any atom is 0.178 e. The fourth-order valence-corrected chi connectivity index (χ4v) is 1.98. The van der Waals surface area contributed by atoms with E-state index in [1.807, 2.05) is 30.4 Å². The zero-order valence-corrected chi connectivity index (χ0v) is 10.9. The fraction of sp³-hybridized carbons (Fsp3) is 0.235. The third-order valence-electron chi connectivity index (χ3n) is 2.97. The van der Waals surface area contributed by atoms with Crippen LogP contribution in [0.1, 0.15) is 12.5 Å². The number of ketones is 1. The summed E-state index contributed by atoms with van der Waals surface area (Å²) in [5, 5.41) is 0. The van der Waals surface area contributed by atoms with Gasteiger partial charge < -0.3 is 4.74 Å². The largest absolute Gasteiger partial charge is 0.354 e. The third kappa shape index (κ3) is 3.67. The number of carbonyl (C=O) groups is 1. The lowest BCUT2D eigenvalue weighted by Gasteiger charge is -2.28. The molecule has 0 heterocycles. The first-order valence-corrected chi connectivity index (χ1v) is 6.24. The van der Waals surface area contributed by atoms with Crippen molar-refractivity contribution in [3.8, 4) is 11.8 Å². The van der Waals surface area contributed by atoms with Crippen LogP contribution in [0.3, 0.4) is 0 Å². The number of hydrogen-bond donors (Lipinski definition) is 0. The Kier molecular flexibility index (Phi) is 4.33. The number of ether oxygens (including phenoxy) is 1. The van der Waals surface area contributed by atoms with Crippen LogP contribution in [0.15, 0.2) is 54.6 Å². The molecule has 0 aromatic heterocycles. The summed E-state index contributed by atoms with van der Waals surface area (Å²) in [4.78, 5) is 11.3. The SMILES string of the molecule is CC#CCOC1(Cc2ccccc2)C=CC(=O)C=C1. The fourth-order valence-electron chi connectivity index (χ4n) is 1.98. The second-order valence-electron chi connectivity index (χ2n) is 4.40. The van der Waals surface area contributed by atoms with Gasteiger partial charge in [-0.1, -0.05) is 36.3 Å². The van der Waals surface area contributed by atoms with E-state index < -0.39 is 5.60 Å². The van der Waals surface area contributed by atoms with Crippen LogP contribution >= 0.6 is 0 Å². The van der Waals surface area contributed by atoms with E-state index in [0.717, 1.165) is 5.56 Å². The van der Waals surface area contributed by atoms with Crippen molar-refractivity contribution in [2.75, 3.05) is 6.61 Å². The van der Waals surface area contributed by atoms with Gasteiger partial charge in [-0.3, -0.25) is 4.79 Å². The molecule has 0 saturated heterocycles. The van der Waals surface area contributed by atoms with Gasteiger partial charge in [-0.25, -0.2) is 0 Å². The van der Waals surface area contributed by atoms with Crippen LogP contribution in [-0.4, -0.2) is 18.0 Å². The van der Waals surface area contributed by atoms with Gasteiger partial charge in [0.2, 0.25) is 0 Å². The molecule has 0 spiro atoms. The van der Waals surface area contributed by atoms with E-state index in [9.17, 15) is 4.79 Å². The second-order valence-corrected chi connectivity index (χ2v) is 4.40. The average molecular weight is 252 g/mol. The molecule has 96 valence electrons. The first kappa shape index (κ1) is 13.3. The van der Waals surface area contributed by atoms with Gasteiger partial charge in [0.1, 0.15) is 12.2 Å². The zero-order chi connectivity index (χ0) is 13.6. The van der Waals surface area contributed by atoms with Crippen LogP contribution < -0.4 is 0 Å². The van der Waals surface area contributed by atoms with Crippen LogP contribution in [0.25, 0.3) is 0 Å². The molecule has 1 aromatic rings. The first-order chi connectivity index (χ1) is 9.24. The maximum absolute atomic E-state index is 11.3. The van der Waals surface area contributed by atoms with Gasteiger partial charge in [-0.2, -0.15) is 0 Å². The third-order valence-corrected chi connectivity index (χ3v) is 2.97. The standard InChI is InChI=1S/C17H16O2/c1-2-3-13-19-17(11-9-16(18)10-12-17)14-15-7-5-4-6-8-15/h4-12H,13-14H2,1H3. The van der Waals surface area contributed by atoms with Crippen molar-refractivity contribution in [1.82, 2.24) is 0 Å². The smallest absolute Gasteiger partial charge is 0.178 e. The topological polar surface area (TPSA) is 26.3 Å². The van der Waals surface area contributed by atoms with Gasteiger partial charge in [-0.05, 0) is 36.8 Å². The Labute approximate surface area is 113 Å². The Morgan fingerprint density at radius 3 is 2.47 bits per heavy atom. The zero-order valence-electron chi connectivity index (χ0n) is 10.9. The molecule has 0 bridgehead atoms. The van der Waals surface area contributed by atoms with Crippen molar-refractivity contribution in [2.45, 2.75) is 18.9 Å². The van der Waals surface area contributed by atoms with Gasteiger partial charge in [0.15, 0.2) is 5.78 Å². The summed E-state index contributed by atoms with van der Waals surface area (Å²) in [6.45, 7) is 2.13. The van der Waals surface area contributed by atoms with E-state index in [1.54, 1.807) is 19.1 Å². The van der Waals surface area contributed by atoms with Gasteiger partial charge in [0.25, 0.3) is 0 Å². The minimum absolute atomic E-state index is 0.00568. The monoisotopic (exact) mass is 252 g/mol. The summed E-state index contributed by atoms with van der Waals surface area (Å²) in [5.41, 5.74) is 0.592. The van der Waals surface area contributed by atoms with Crippen LogP contribution in [0.5, 0.6) is 0 Å². The highest BCUT2D eigenvalue weighted by atomic mass is 16.5. The molecule has 2 heteroatoms. The molecule has 2 rings (SSSR count). The van der Waals surface area contributed by atoms with E-state index in [0.29, 0.717) is 13.0 Å². The number of rotatable bonds is 4. The Balaban J connectivity index is 2.19. The lowest BCUT2D eigenvalue weighted by molar-refractivity contribution is -0.110. The molecule has 0 saturated carbocycles. The molecular formula is C17H16O2. The molecule has 2 nitrogen and oxygen atoms in total. The van der Waals surface area contributed by atoms with Crippen LogP contribution in [0.4, 0.5) is 0 Å². The average Bonchev–Trinajstić information content (AvgIpc) is 2.44. The van der Waals surface area contributed by atoms with E-state index in [4.69, 9.17) is 4.74 Å². The lowest BCUT2D eigenvalue weighted by atomic mass is 9.90. The Hall–Kier alpha value is -2.11. The van der Waals surface area contributed by atoms with Crippen molar-refractivity contribution >= 4 is 5.78 Å². The van der Waals surface area contributed by atoms with E-state index in [2.05, 4.69) is 24.0 Å². The predicted octanol–water partition coefficient (Wildman–Crippen LogP) is 2.70. The minimum Gasteiger partial charge on any atom is -0.354 e. The summed E-state index contributed by atoms with van der Waals surface area (Å²) in [5.74, 6) is 5.69. The maximum atomic E-state index is 11.3. The molecule has 0 N–H and O–H groups in total. The molecule has 0 aliphatic heterocycles. The number of carbonyl (C=O) groups excluding carboxylic acids is 1. The van der Waals surface area contributed by atoms with Crippen molar-refractivity contribution in [1.29, 1.82) is 0 Å². The molecule has 0 atom stereocenters. The normalized spacial score (nSPS) is 15.9. The molecule has 0 amide bonds. The second kappa shape index (κ2) is 6.17. The van der Waals surface area contributed by atoms with Gasteiger partial charge >= 0.3 is 0 Å². The summed E-state index contributed by atoms with van der Waals surface area (Å²) < 4.78 is 5.86. The summed E-state index contributed by atoms with van der Waals surface area (Å²) in [6.07, 6.45) is 7.45. The molecule has 1 aliphatic rings. The van der Waals surface area contributed by atoms with Crippen LogP contribution in [-0.2, 0) is 16.0 Å². The summed E-state index contributed by atoms with van der Waals surface area (Å²) >= 11 is 0. The lowest BCUT2D eigenvalue weighted by Crippen LogP contribution is -2.33. The van der Waals surface area contributed by atoms with E-state index >= 15 is 0 Å². The Bertz CT molecular complexity index is 540. The highest BCUT2D eigenvalue weighted by Gasteiger charge is 2.27. The molecule has 19 heavy (non-hydrogen) atoms. The Morgan fingerprint density at radius 2 is 1.84 bits per heavy atom. The first-order valence-electron chi connectivity index (χ1n) is 6.24. The highest BCUT2D eigenvalue weighted by molar-refractivity contribution is 6.00. The van der Waals surface area contributed by atoms with E-state index in [1.165, 1.54) is 0 Å². The highest BCUT2D eigenvalue weighted by Crippen LogP contribution is 2.24. The number of hydrogen-bond acceptors (Lipinski definition) is 2. The molecule has 1 aliphatic carbocycles.